The average Bonchev–Trinajstić information content (AvgIpc) is 2.18. The van der Waals surface area contributed by atoms with Crippen molar-refractivity contribution in [2.75, 3.05) is 12.3 Å². The zero-order chi connectivity index (χ0) is 11.4. The van der Waals surface area contributed by atoms with E-state index in [-0.39, 0.29) is 17.8 Å². The van der Waals surface area contributed by atoms with Crippen LogP contribution in [0.3, 0.4) is 0 Å². The molecule has 1 aromatic rings. The summed E-state index contributed by atoms with van der Waals surface area (Å²) in [6.07, 6.45) is -0.649. The fraction of sp³-hybridized carbons (Fsp3) is 0.300. The molecule has 1 aromatic carbocycles. The molecule has 0 aliphatic carbocycles. The normalized spacial score (nSPS) is 12.2. The third kappa shape index (κ3) is 2.92. The molecule has 1 rings (SSSR count). The molecule has 1 atom stereocenters. The molecule has 0 aliphatic rings. The van der Waals surface area contributed by atoms with Crippen LogP contribution in [-0.2, 0) is 0 Å². The molecular formula is C10H13FN2O2. The lowest BCUT2D eigenvalue weighted by molar-refractivity contribution is 0.0924. The van der Waals surface area contributed by atoms with E-state index < -0.39 is 17.8 Å². The lowest BCUT2D eigenvalue weighted by Gasteiger charge is -2.09. The number of carbonyl (C=O) groups is 1. The van der Waals surface area contributed by atoms with E-state index in [0.29, 0.717) is 0 Å². The molecule has 0 fully saturated rings. The van der Waals surface area contributed by atoms with E-state index in [4.69, 9.17) is 10.8 Å². The molecule has 1 unspecified atom stereocenters. The summed E-state index contributed by atoms with van der Waals surface area (Å²) in [5, 5.41) is 11.4. The number of halogens is 1. The summed E-state index contributed by atoms with van der Waals surface area (Å²) >= 11 is 0. The van der Waals surface area contributed by atoms with Gasteiger partial charge >= 0.3 is 0 Å². The Labute approximate surface area is 86.9 Å². The van der Waals surface area contributed by atoms with E-state index in [0.717, 1.165) is 0 Å². The molecule has 0 aliphatic heterocycles. The highest BCUT2D eigenvalue weighted by Crippen LogP contribution is 2.15. The molecule has 1 amide bonds. The highest BCUT2D eigenvalue weighted by molar-refractivity contribution is 5.99. The zero-order valence-corrected chi connectivity index (χ0v) is 8.33. The Morgan fingerprint density at radius 2 is 2.33 bits per heavy atom. The first-order valence-electron chi connectivity index (χ1n) is 4.52. The maximum atomic E-state index is 13.0. The number of para-hydroxylation sites is 1. The minimum absolute atomic E-state index is 0.0793. The summed E-state index contributed by atoms with van der Waals surface area (Å²) in [6, 6.07) is 4.01. The van der Waals surface area contributed by atoms with Crippen molar-refractivity contribution >= 4 is 11.6 Å². The van der Waals surface area contributed by atoms with Crippen LogP contribution in [0.4, 0.5) is 10.1 Å². The van der Waals surface area contributed by atoms with E-state index >= 15 is 0 Å². The number of rotatable bonds is 3. The second-order valence-corrected chi connectivity index (χ2v) is 3.26. The van der Waals surface area contributed by atoms with Crippen molar-refractivity contribution in [3.63, 3.8) is 0 Å². The molecule has 0 aromatic heterocycles. The predicted octanol–water partition coefficient (Wildman–Crippen LogP) is 0.519. The number of carbonyl (C=O) groups excluding carboxylic acids is 1. The topological polar surface area (TPSA) is 75.3 Å². The van der Waals surface area contributed by atoms with Gasteiger partial charge in [-0.2, -0.15) is 0 Å². The molecule has 0 heterocycles. The van der Waals surface area contributed by atoms with Crippen LogP contribution in [-0.4, -0.2) is 23.7 Å². The first-order valence-corrected chi connectivity index (χ1v) is 4.52. The highest BCUT2D eigenvalue weighted by Gasteiger charge is 2.12. The summed E-state index contributed by atoms with van der Waals surface area (Å²) in [4.78, 5) is 11.5. The smallest absolute Gasteiger partial charge is 0.253 e. The van der Waals surface area contributed by atoms with Gasteiger partial charge in [0.05, 0.1) is 17.4 Å². The van der Waals surface area contributed by atoms with E-state index in [1.165, 1.54) is 25.1 Å². The van der Waals surface area contributed by atoms with Crippen LogP contribution in [0.1, 0.15) is 17.3 Å². The third-order valence-corrected chi connectivity index (χ3v) is 1.86. The molecule has 5 heteroatoms. The van der Waals surface area contributed by atoms with Gasteiger partial charge in [0.15, 0.2) is 0 Å². The maximum Gasteiger partial charge on any atom is 0.253 e. The summed E-state index contributed by atoms with van der Waals surface area (Å²) in [6.45, 7) is 1.64. The third-order valence-electron chi connectivity index (χ3n) is 1.86. The maximum absolute atomic E-state index is 13.0. The summed E-state index contributed by atoms with van der Waals surface area (Å²) in [5.41, 5.74) is 5.29. The summed E-state index contributed by atoms with van der Waals surface area (Å²) in [5.74, 6) is -1.12. The molecule has 0 bridgehead atoms. The largest absolute Gasteiger partial charge is 0.396 e. The van der Waals surface area contributed by atoms with Crippen LogP contribution < -0.4 is 11.1 Å². The van der Waals surface area contributed by atoms with Crippen molar-refractivity contribution < 1.29 is 14.3 Å². The van der Waals surface area contributed by atoms with Gasteiger partial charge in [-0.25, -0.2) is 4.39 Å². The Morgan fingerprint density at radius 1 is 1.67 bits per heavy atom. The van der Waals surface area contributed by atoms with Gasteiger partial charge in [-0.05, 0) is 19.1 Å². The van der Waals surface area contributed by atoms with Gasteiger partial charge in [-0.3, -0.25) is 4.79 Å². The van der Waals surface area contributed by atoms with Gasteiger partial charge in [0.25, 0.3) is 5.91 Å². The molecule has 0 spiro atoms. The lowest BCUT2D eigenvalue weighted by atomic mass is 10.1. The first-order chi connectivity index (χ1) is 7.02. The number of hydrogen-bond acceptors (Lipinski definition) is 3. The number of nitrogens with two attached hydrogens (primary N) is 1. The molecule has 0 radical (unpaired) electrons. The number of anilines is 1. The lowest BCUT2D eigenvalue weighted by Crippen LogP contribution is -2.31. The number of hydrogen-bond donors (Lipinski definition) is 3. The Kier molecular flexibility index (Phi) is 3.62. The molecule has 4 N–H and O–H groups in total. The van der Waals surface area contributed by atoms with Crippen molar-refractivity contribution in [3.05, 3.63) is 29.6 Å². The van der Waals surface area contributed by atoms with Gasteiger partial charge in [-0.1, -0.05) is 6.07 Å². The SMILES string of the molecule is CC(O)CNC(=O)c1cccc(F)c1N. The van der Waals surface area contributed by atoms with Crippen molar-refractivity contribution in [1.29, 1.82) is 0 Å². The number of aliphatic hydroxyl groups excluding tert-OH is 1. The van der Waals surface area contributed by atoms with Crippen molar-refractivity contribution in [3.8, 4) is 0 Å². The standard InChI is InChI=1S/C10H13FN2O2/c1-6(14)5-13-10(15)7-3-2-4-8(11)9(7)12/h2-4,6,14H,5,12H2,1H3,(H,13,15). The minimum Gasteiger partial charge on any atom is -0.396 e. The van der Waals surface area contributed by atoms with Gasteiger partial charge < -0.3 is 16.2 Å². The van der Waals surface area contributed by atoms with E-state index in [9.17, 15) is 9.18 Å². The molecule has 4 nitrogen and oxygen atoms in total. The Bertz CT molecular complexity index is 366. The zero-order valence-electron chi connectivity index (χ0n) is 8.33. The monoisotopic (exact) mass is 212 g/mol. The van der Waals surface area contributed by atoms with E-state index in [2.05, 4.69) is 5.32 Å². The van der Waals surface area contributed by atoms with Crippen LogP contribution >= 0.6 is 0 Å². The fourth-order valence-electron chi connectivity index (χ4n) is 1.07. The van der Waals surface area contributed by atoms with Crippen LogP contribution in [0.2, 0.25) is 0 Å². The van der Waals surface area contributed by atoms with Crippen molar-refractivity contribution in [2.24, 2.45) is 0 Å². The highest BCUT2D eigenvalue weighted by atomic mass is 19.1. The van der Waals surface area contributed by atoms with Crippen LogP contribution in [0.25, 0.3) is 0 Å². The Hall–Kier alpha value is -1.62. The van der Waals surface area contributed by atoms with Gasteiger partial charge in [0.1, 0.15) is 5.82 Å². The van der Waals surface area contributed by atoms with E-state index in [1.54, 1.807) is 0 Å². The summed E-state index contributed by atoms with van der Waals surface area (Å²) in [7, 11) is 0. The van der Waals surface area contributed by atoms with Crippen LogP contribution in [0.15, 0.2) is 18.2 Å². The average molecular weight is 212 g/mol. The molecule has 82 valence electrons. The fourth-order valence-corrected chi connectivity index (χ4v) is 1.07. The Balaban J connectivity index is 2.78. The Morgan fingerprint density at radius 3 is 2.93 bits per heavy atom. The summed E-state index contributed by atoms with van der Waals surface area (Å²) < 4.78 is 13.0. The van der Waals surface area contributed by atoms with Crippen LogP contribution in [0, 0.1) is 5.82 Å². The van der Waals surface area contributed by atoms with Gasteiger partial charge in [0.2, 0.25) is 0 Å². The number of aliphatic hydroxyl groups is 1. The number of amides is 1. The predicted molar refractivity (Wildman–Crippen MR) is 54.8 cm³/mol. The van der Waals surface area contributed by atoms with Crippen molar-refractivity contribution in [1.82, 2.24) is 5.32 Å². The number of benzene rings is 1. The first kappa shape index (κ1) is 11.5. The van der Waals surface area contributed by atoms with Crippen molar-refractivity contribution in [2.45, 2.75) is 13.0 Å². The molecule has 0 saturated carbocycles. The second kappa shape index (κ2) is 4.75. The second-order valence-electron chi connectivity index (χ2n) is 3.26. The van der Waals surface area contributed by atoms with Crippen LogP contribution in [0.5, 0.6) is 0 Å². The molecule has 0 saturated heterocycles. The van der Waals surface area contributed by atoms with Gasteiger partial charge in [-0.15, -0.1) is 0 Å². The van der Waals surface area contributed by atoms with E-state index in [1.807, 2.05) is 0 Å². The molecule has 15 heavy (non-hydrogen) atoms. The quantitative estimate of drug-likeness (QED) is 0.639. The molecular weight excluding hydrogens is 199 g/mol. The minimum atomic E-state index is -0.649. The van der Waals surface area contributed by atoms with Gasteiger partial charge in [0, 0.05) is 6.54 Å². The number of nitrogen functional groups attached to an aromatic ring is 1. The number of nitrogens with one attached hydrogen (secondary N) is 1.